The van der Waals surface area contributed by atoms with Crippen LogP contribution in [0.1, 0.15) is 13.8 Å². The Labute approximate surface area is 179 Å². The topological polar surface area (TPSA) is 135 Å². The first kappa shape index (κ1) is 21.9. The molecule has 10 heteroatoms. The van der Waals surface area contributed by atoms with E-state index in [1.165, 1.54) is 13.2 Å². The van der Waals surface area contributed by atoms with Gasteiger partial charge in [0.1, 0.15) is 17.3 Å². The molecule has 0 radical (unpaired) electrons. The monoisotopic (exact) mass is 424 g/mol. The Kier molecular flexibility index (Phi) is 6.93. The quantitative estimate of drug-likeness (QED) is 0.347. The van der Waals surface area contributed by atoms with E-state index in [0.717, 1.165) is 0 Å². The Bertz CT molecular complexity index is 1050. The zero-order chi connectivity index (χ0) is 22.4. The van der Waals surface area contributed by atoms with E-state index < -0.39 is 4.92 Å². The highest BCUT2D eigenvalue weighted by atomic mass is 16.6. The van der Waals surface area contributed by atoms with Gasteiger partial charge in [0.05, 0.1) is 42.1 Å². The molecule has 0 aliphatic rings. The molecule has 2 heterocycles. The molecule has 1 aromatic carbocycles. The third-order valence-corrected chi connectivity index (χ3v) is 4.63. The van der Waals surface area contributed by atoms with Crippen molar-refractivity contribution in [2.75, 3.05) is 24.4 Å². The second-order valence-electron chi connectivity index (χ2n) is 7.12. The Hall–Kier alpha value is -3.79. The molecule has 0 bridgehead atoms. The fourth-order valence-corrected chi connectivity index (χ4v) is 2.84. The van der Waals surface area contributed by atoms with Gasteiger partial charge in [-0.2, -0.15) is 4.98 Å². The van der Waals surface area contributed by atoms with Crippen LogP contribution in [-0.2, 0) is 0 Å². The van der Waals surface area contributed by atoms with Crippen molar-refractivity contribution >= 4 is 23.1 Å². The summed E-state index contributed by atoms with van der Waals surface area (Å²) in [7, 11) is 1.44. The average Bonchev–Trinajstić information content (AvgIpc) is 2.77. The summed E-state index contributed by atoms with van der Waals surface area (Å²) in [5.74, 6) is 1.12. The Morgan fingerprint density at radius 1 is 1.16 bits per heavy atom. The number of aliphatic hydroxyl groups is 1. The maximum Gasteiger partial charge on any atom is 0.296 e. The molecule has 31 heavy (non-hydrogen) atoms. The van der Waals surface area contributed by atoms with Gasteiger partial charge in [-0.05, 0) is 30.2 Å². The summed E-state index contributed by atoms with van der Waals surface area (Å²) in [6, 6.07) is 11.3. The number of benzene rings is 1. The van der Waals surface area contributed by atoms with Gasteiger partial charge in [0.25, 0.3) is 5.69 Å². The van der Waals surface area contributed by atoms with Gasteiger partial charge in [-0.1, -0.05) is 19.9 Å². The predicted octanol–water partition coefficient (Wildman–Crippen LogP) is 3.63. The maximum atomic E-state index is 11.5. The molecule has 3 aromatic rings. The van der Waals surface area contributed by atoms with Crippen molar-refractivity contribution in [1.82, 2.24) is 15.0 Å². The summed E-state index contributed by atoms with van der Waals surface area (Å²) in [6.45, 7) is 3.84. The second-order valence-corrected chi connectivity index (χ2v) is 7.12. The zero-order valence-corrected chi connectivity index (χ0v) is 17.4. The second kappa shape index (κ2) is 9.81. The summed E-state index contributed by atoms with van der Waals surface area (Å²) in [5, 5.41) is 27.3. The van der Waals surface area contributed by atoms with Crippen LogP contribution in [0.5, 0.6) is 5.75 Å². The zero-order valence-electron chi connectivity index (χ0n) is 17.4. The number of aromatic nitrogens is 3. The van der Waals surface area contributed by atoms with E-state index in [1.807, 2.05) is 19.9 Å². The molecule has 3 N–H and O–H groups in total. The molecule has 1 atom stereocenters. The van der Waals surface area contributed by atoms with Crippen molar-refractivity contribution in [2.24, 2.45) is 5.92 Å². The van der Waals surface area contributed by atoms with Crippen LogP contribution in [0.2, 0.25) is 0 Å². The number of pyridine rings is 1. The normalized spacial score (nSPS) is 11.8. The van der Waals surface area contributed by atoms with E-state index in [1.54, 1.807) is 36.5 Å². The number of nitro groups is 1. The summed E-state index contributed by atoms with van der Waals surface area (Å²) >= 11 is 0. The van der Waals surface area contributed by atoms with Crippen LogP contribution in [-0.4, -0.2) is 44.7 Å². The largest absolute Gasteiger partial charge is 0.496 e. The smallest absolute Gasteiger partial charge is 0.296 e. The van der Waals surface area contributed by atoms with Crippen LogP contribution in [0.25, 0.3) is 11.4 Å². The summed E-state index contributed by atoms with van der Waals surface area (Å²) < 4.78 is 5.08. The van der Waals surface area contributed by atoms with Gasteiger partial charge in [-0.3, -0.25) is 15.1 Å². The molecule has 0 amide bonds. The minimum absolute atomic E-state index is 0.0957. The molecule has 0 unspecified atom stereocenters. The first-order valence-corrected chi connectivity index (χ1v) is 9.68. The summed E-state index contributed by atoms with van der Waals surface area (Å²) in [4.78, 5) is 24.3. The molecular weight excluding hydrogens is 400 g/mol. The van der Waals surface area contributed by atoms with E-state index in [-0.39, 0.29) is 35.9 Å². The molecule has 0 saturated heterocycles. The Morgan fingerprint density at radius 2 is 1.97 bits per heavy atom. The van der Waals surface area contributed by atoms with Crippen molar-refractivity contribution in [3.8, 4) is 17.1 Å². The number of hydrogen-bond acceptors (Lipinski definition) is 9. The van der Waals surface area contributed by atoms with E-state index >= 15 is 0 Å². The van der Waals surface area contributed by atoms with E-state index in [0.29, 0.717) is 23.0 Å². The van der Waals surface area contributed by atoms with Crippen molar-refractivity contribution in [3.05, 3.63) is 58.8 Å². The van der Waals surface area contributed by atoms with Gasteiger partial charge >= 0.3 is 0 Å². The third kappa shape index (κ3) is 5.43. The number of nitro benzene ring substituents is 1. The standard InChI is InChI=1S/C21H24N6O4/c1-13(2)18(12-28)25-21-24-17(15-6-4-5-9-22-15)11-20(26-21)23-16-8-7-14(31-3)10-19(16)27(29)30/h4-11,13,18,28H,12H2,1-3H3,(H2,23,24,25,26)/t18-/m1/s1. The van der Waals surface area contributed by atoms with Gasteiger partial charge in [-0.25, -0.2) is 4.98 Å². The molecule has 0 aliphatic carbocycles. The number of aliphatic hydroxyl groups excluding tert-OH is 1. The number of methoxy groups -OCH3 is 1. The number of nitrogens with zero attached hydrogens (tertiary/aromatic N) is 4. The first-order chi connectivity index (χ1) is 14.9. The molecule has 162 valence electrons. The fraction of sp³-hybridized carbons (Fsp3) is 0.286. The number of rotatable bonds is 9. The first-order valence-electron chi connectivity index (χ1n) is 9.68. The lowest BCUT2D eigenvalue weighted by Gasteiger charge is -2.20. The van der Waals surface area contributed by atoms with Crippen molar-refractivity contribution in [1.29, 1.82) is 0 Å². The molecule has 0 fully saturated rings. The molecule has 0 spiro atoms. The van der Waals surface area contributed by atoms with Crippen LogP contribution < -0.4 is 15.4 Å². The van der Waals surface area contributed by atoms with Gasteiger partial charge in [0.2, 0.25) is 5.95 Å². The highest BCUT2D eigenvalue weighted by molar-refractivity contribution is 5.72. The molecule has 2 aromatic heterocycles. The average molecular weight is 424 g/mol. The van der Waals surface area contributed by atoms with Crippen LogP contribution in [0, 0.1) is 16.0 Å². The van der Waals surface area contributed by atoms with E-state index in [4.69, 9.17) is 4.74 Å². The van der Waals surface area contributed by atoms with Gasteiger partial charge in [-0.15, -0.1) is 0 Å². The number of nitrogens with one attached hydrogen (secondary N) is 2. The van der Waals surface area contributed by atoms with E-state index in [9.17, 15) is 15.2 Å². The lowest BCUT2D eigenvalue weighted by molar-refractivity contribution is -0.384. The molecule has 3 rings (SSSR count). The molecule has 10 nitrogen and oxygen atoms in total. The lowest BCUT2D eigenvalue weighted by atomic mass is 10.1. The van der Waals surface area contributed by atoms with Gasteiger partial charge in [0.15, 0.2) is 0 Å². The minimum Gasteiger partial charge on any atom is -0.496 e. The van der Waals surface area contributed by atoms with Crippen molar-refractivity contribution in [2.45, 2.75) is 19.9 Å². The van der Waals surface area contributed by atoms with Crippen molar-refractivity contribution in [3.63, 3.8) is 0 Å². The Morgan fingerprint density at radius 3 is 2.58 bits per heavy atom. The number of hydrogen-bond donors (Lipinski definition) is 3. The SMILES string of the molecule is COc1ccc(Nc2cc(-c3ccccn3)nc(N[C@H](CO)C(C)C)n2)c([N+](=O)[O-])c1. The Balaban J connectivity index is 2.03. The third-order valence-electron chi connectivity index (χ3n) is 4.63. The molecule has 0 aliphatic heterocycles. The van der Waals surface area contributed by atoms with E-state index in [2.05, 4.69) is 25.6 Å². The van der Waals surface area contributed by atoms with Crippen LogP contribution in [0.15, 0.2) is 48.7 Å². The lowest BCUT2D eigenvalue weighted by Crippen LogP contribution is -2.30. The van der Waals surface area contributed by atoms with Gasteiger partial charge < -0.3 is 20.5 Å². The molecular formula is C21H24N6O4. The summed E-state index contributed by atoms with van der Waals surface area (Å²) in [5.41, 5.74) is 1.25. The van der Waals surface area contributed by atoms with Crippen LogP contribution >= 0.6 is 0 Å². The fourth-order valence-electron chi connectivity index (χ4n) is 2.84. The summed E-state index contributed by atoms with van der Waals surface area (Å²) in [6.07, 6.45) is 1.65. The number of ether oxygens (including phenoxy) is 1. The molecule has 0 saturated carbocycles. The van der Waals surface area contributed by atoms with Crippen LogP contribution in [0.4, 0.5) is 23.1 Å². The minimum atomic E-state index is -0.495. The maximum absolute atomic E-state index is 11.5. The van der Waals surface area contributed by atoms with Gasteiger partial charge in [0, 0.05) is 12.3 Å². The number of anilines is 3. The highest BCUT2D eigenvalue weighted by Gasteiger charge is 2.18. The highest BCUT2D eigenvalue weighted by Crippen LogP contribution is 2.32. The van der Waals surface area contributed by atoms with Crippen molar-refractivity contribution < 1.29 is 14.8 Å². The predicted molar refractivity (Wildman–Crippen MR) is 118 cm³/mol. The van der Waals surface area contributed by atoms with Crippen LogP contribution in [0.3, 0.4) is 0 Å².